The van der Waals surface area contributed by atoms with Crippen LogP contribution >= 0.6 is 11.3 Å². The predicted octanol–water partition coefficient (Wildman–Crippen LogP) is 3.25. The highest BCUT2D eigenvalue weighted by atomic mass is 32.1. The van der Waals surface area contributed by atoms with E-state index in [2.05, 4.69) is 20.9 Å². The molecule has 0 aliphatic carbocycles. The highest BCUT2D eigenvalue weighted by molar-refractivity contribution is 7.13. The summed E-state index contributed by atoms with van der Waals surface area (Å²) in [6.45, 7) is 2.06. The highest BCUT2D eigenvalue weighted by Gasteiger charge is 2.18. The Bertz CT molecular complexity index is 593. The molecule has 2 amide bonds. The normalized spacial score (nSPS) is 18.2. The molecule has 0 bridgehead atoms. The minimum Gasteiger partial charge on any atom is -0.316 e. The number of anilines is 2. The van der Waals surface area contributed by atoms with Gasteiger partial charge in [0, 0.05) is 23.5 Å². The number of hydrogen-bond donors (Lipinski definition) is 3. The lowest BCUT2D eigenvalue weighted by molar-refractivity contribution is 0.262. The summed E-state index contributed by atoms with van der Waals surface area (Å²) < 4.78 is 0. The molecule has 21 heavy (non-hydrogen) atoms. The Labute approximate surface area is 127 Å². The van der Waals surface area contributed by atoms with Crippen LogP contribution in [0.25, 0.3) is 0 Å². The number of carbonyl (C=O) groups excluding carboxylic acids is 1. The Morgan fingerprint density at radius 1 is 1.29 bits per heavy atom. The monoisotopic (exact) mass is 302 g/mol. The minimum absolute atomic E-state index is 0.260. The number of piperidine rings is 1. The molecule has 5 nitrogen and oxygen atoms in total. The summed E-state index contributed by atoms with van der Waals surface area (Å²) in [5, 5.41) is 11.6. The zero-order valence-corrected chi connectivity index (χ0v) is 12.5. The smallest absolute Gasteiger partial charge is 0.316 e. The minimum atomic E-state index is -0.260. The molecule has 1 aromatic heterocycles. The van der Waals surface area contributed by atoms with Gasteiger partial charge in [0.2, 0.25) is 0 Å². The van der Waals surface area contributed by atoms with Crippen LogP contribution in [0.15, 0.2) is 35.7 Å². The van der Waals surface area contributed by atoms with Crippen LogP contribution in [0.1, 0.15) is 24.5 Å². The highest BCUT2D eigenvalue weighted by Crippen LogP contribution is 2.26. The molecule has 1 unspecified atom stereocenters. The average molecular weight is 302 g/mol. The molecule has 1 atom stereocenters. The number of amides is 2. The second kappa shape index (κ2) is 6.69. The van der Waals surface area contributed by atoms with Crippen molar-refractivity contribution in [2.24, 2.45) is 0 Å². The Hall–Kier alpha value is -1.92. The van der Waals surface area contributed by atoms with Crippen molar-refractivity contribution >= 4 is 28.2 Å². The molecule has 1 aliphatic rings. The molecule has 3 N–H and O–H groups in total. The third-order valence-electron chi connectivity index (χ3n) is 3.49. The topological polar surface area (TPSA) is 66.0 Å². The fraction of sp³-hybridized carbons (Fsp3) is 0.333. The van der Waals surface area contributed by atoms with E-state index < -0.39 is 0 Å². The van der Waals surface area contributed by atoms with Crippen LogP contribution in [0.5, 0.6) is 0 Å². The van der Waals surface area contributed by atoms with E-state index in [4.69, 9.17) is 0 Å². The largest absolute Gasteiger partial charge is 0.325 e. The third kappa shape index (κ3) is 3.80. The average Bonchev–Trinajstić information content (AvgIpc) is 2.97. The Morgan fingerprint density at radius 3 is 2.90 bits per heavy atom. The van der Waals surface area contributed by atoms with Crippen molar-refractivity contribution in [1.29, 1.82) is 0 Å². The summed E-state index contributed by atoms with van der Waals surface area (Å²) >= 11 is 1.47. The number of hydrogen-bond acceptors (Lipinski definition) is 4. The second-order valence-electron chi connectivity index (χ2n) is 5.07. The van der Waals surface area contributed by atoms with Crippen LogP contribution in [0.3, 0.4) is 0 Å². The summed E-state index contributed by atoms with van der Waals surface area (Å²) in [6, 6.07) is 9.11. The van der Waals surface area contributed by atoms with Crippen LogP contribution in [0.4, 0.5) is 15.6 Å². The first-order valence-electron chi connectivity index (χ1n) is 7.10. The van der Waals surface area contributed by atoms with Crippen molar-refractivity contribution in [3.63, 3.8) is 0 Å². The number of carbonyl (C=O) groups is 1. The van der Waals surface area contributed by atoms with Crippen molar-refractivity contribution in [2.45, 2.75) is 18.8 Å². The number of nitrogens with zero attached hydrogens (tertiary/aromatic N) is 1. The molecular formula is C15H18N4OS. The summed E-state index contributed by atoms with van der Waals surface area (Å²) in [5.41, 5.74) is 1.84. The fourth-order valence-electron chi connectivity index (χ4n) is 2.42. The van der Waals surface area contributed by atoms with Gasteiger partial charge in [-0.25, -0.2) is 9.78 Å². The lowest BCUT2D eigenvalue weighted by atomic mass is 9.97. The summed E-state index contributed by atoms with van der Waals surface area (Å²) in [6.07, 6.45) is 2.34. The molecule has 0 radical (unpaired) electrons. The maximum atomic E-state index is 11.9. The maximum absolute atomic E-state index is 11.9. The van der Waals surface area contributed by atoms with Crippen molar-refractivity contribution in [2.75, 3.05) is 23.7 Å². The van der Waals surface area contributed by atoms with Gasteiger partial charge >= 0.3 is 6.03 Å². The number of rotatable bonds is 3. The van der Waals surface area contributed by atoms with Gasteiger partial charge in [0.1, 0.15) is 0 Å². The lowest BCUT2D eigenvalue weighted by Gasteiger charge is -2.20. The molecule has 3 rings (SSSR count). The summed E-state index contributed by atoms with van der Waals surface area (Å²) in [7, 11) is 0. The van der Waals surface area contributed by atoms with E-state index in [-0.39, 0.29) is 6.03 Å². The fourth-order valence-corrected chi connectivity index (χ4v) is 3.20. The number of para-hydroxylation sites is 1. The van der Waals surface area contributed by atoms with Gasteiger partial charge in [0.05, 0.1) is 5.69 Å². The van der Waals surface area contributed by atoms with Gasteiger partial charge in [0.25, 0.3) is 0 Å². The standard InChI is InChI=1S/C15H18N4OS/c20-14(17-12-6-2-1-3-7-12)19-15-18-13(10-21-15)11-5-4-8-16-9-11/h1-3,6-7,10-11,16H,4-5,8-9H2,(H2,17,18,19,20). The van der Waals surface area contributed by atoms with E-state index in [0.717, 1.165) is 30.9 Å². The van der Waals surface area contributed by atoms with Crippen molar-refractivity contribution in [1.82, 2.24) is 10.3 Å². The molecule has 110 valence electrons. The van der Waals surface area contributed by atoms with Crippen molar-refractivity contribution in [3.8, 4) is 0 Å². The quantitative estimate of drug-likeness (QED) is 0.815. The van der Waals surface area contributed by atoms with Gasteiger partial charge in [-0.15, -0.1) is 11.3 Å². The number of urea groups is 1. The number of thiazole rings is 1. The van der Waals surface area contributed by atoms with E-state index in [1.54, 1.807) is 0 Å². The molecule has 1 aliphatic heterocycles. The van der Waals surface area contributed by atoms with Crippen LogP contribution in [-0.4, -0.2) is 24.1 Å². The van der Waals surface area contributed by atoms with Gasteiger partial charge in [-0.2, -0.15) is 0 Å². The first-order chi connectivity index (χ1) is 10.3. The molecular weight excluding hydrogens is 284 g/mol. The molecule has 6 heteroatoms. The van der Waals surface area contributed by atoms with Crippen LogP contribution in [0, 0.1) is 0 Å². The number of aromatic nitrogens is 1. The Morgan fingerprint density at radius 2 is 2.14 bits per heavy atom. The molecule has 1 aromatic carbocycles. The predicted molar refractivity (Wildman–Crippen MR) is 86.0 cm³/mol. The molecule has 2 heterocycles. The molecule has 2 aromatic rings. The molecule has 1 fully saturated rings. The summed E-state index contributed by atoms with van der Waals surface area (Å²) in [5.74, 6) is 0.461. The van der Waals surface area contributed by atoms with Gasteiger partial charge in [0.15, 0.2) is 5.13 Å². The Kier molecular flexibility index (Phi) is 4.47. The zero-order chi connectivity index (χ0) is 14.5. The first kappa shape index (κ1) is 14.0. The van der Waals surface area contributed by atoms with Gasteiger partial charge in [-0.3, -0.25) is 5.32 Å². The molecule has 0 saturated carbocycles. The van der Waals surface area contributed by atoms with Gasteiger partial charge < -0.3 is 10.6 Å². The van der Waals surface area contributed by atoms with Crippen molar-refractivity contribution < 1.29 is 4.79 Å². The molecule has 0 spiro atoms. The first-order valence-corrected chi connectivity index (χ1v) is 7.98. The van der Waals surface area contributed by atoms with Gasteiger partial charge in [-0.05, 0) is 31.5 Å². The van der Waals surface area contributed by atoms with E-state index in [0.29, 0.717) is 11.0 Å². The second-order valence-corrected chi connectivity index (χ2v) is 5.92. The van der Waals surface area contributed by atoms with Crippen LogP contribution in [0.2, 0.25) is 0 Å². The van der Waals surface area contributed by atoms with E-state index in [1.165, 1.54) is 17.8 Å². The van der Waals surface area contributed by atoms with Crippen molar-refractivity contribution in [3.05, 3.63) is 41.4 Å². The van der Waals surface area contributed by atoms with E-state index in [9.17, 15) is 4.79 Å². The Balaban J connectivity index is 1.57. The SMILES string of the molecule is O=C(Nc1ccccc1)Nc1nc(C2CCCNC2)cs1. The van der Waals surface area contributed by atoms with Crippen LogP contribution < -0.4 is 16.0 Å². The molecule has 1 saturated heterocycles. The van der Waals surface area contributed by atoms with Gasteiger partial charge in [-0.1, -0.05) is 18.2 Å². The third-order valence-corrected chi connectivity index (χ3v) is 4.27. The zero-order valence-electron chi connectivity index (χ0n) is 11.6. The van der Waals surface area contributed by atoms with E-state index >= 15 is 0 Å². The summed E-state index contributed by atoms with van der Waals surface area (Å²) in [4.78, 5) is 16.4. The lowest BCUT2D eigenvalue weighted by Crippen LogP contribution is -2.28. The maximum Gasteiger partial charge on any atom is 0.325 e. The number of nitrogens with one attached hydrogen (secondary N) is 3. The van der Waals surface area contributed by atoms with E-state index in [1.807, 2.05) is 35.7 Å². The van der Waals surface area contributed by atoms with Crippen LogP contribution in [-0.2, 0) is 0 Å². The number of benzene rings is 1.